The van der Waals surface area contributed by atoms with Crippen LogP contribution in [0, 0.1) is 103 Å². The molecule has 18 nitrogen and oxygen atoms in total. The Morgan fingerprint density at radius 3 is 1.15 bits per heavy atom. The van der Waals surface area contributed by atoms with Gasteiger partial charge in [-0.25, -0.2) is 35.2 Å². The van der Waals surface area contributed by atoms with Gasteiger partial charge in [0.05, 0.1) is 42.2 Å². The summed E-state index contributed by atoms with van der Waals surface area (Å²) in [5.74, 6) is -2.12. The molecule has 0 unspecified atom stereocenters. The van der Waals surface area contributed by atoms with Crippen molar-refractivity contribution < 1.29 is 0 Å². The summed E-state index contributed by atoms with van der Waals surface area (Å²) in [7, 11) is 0. The molecule has 0 spiro atoms. The van der Waals surface area contributed by atoms with Crippen molar-refractivity contribution in [2.45, 2.75) is 0 Å². The van der Waals surface area contributed by atoms with Crippen molar-refractivity contribution >= 4 is 34.2 Å². The number of fused-ring (bicyclic) bond motifs is 12. The number of nitriles is 5. The zero-order valence-corrected chi connectivity index (χ0v) is 26.0. The zero-order chi connectivity index (χ0) is 38.6. The van der Waals surface area contributed by atoms with Gasteiger partial charge in [0.2, 0.25) is 11.4 Å². The molecule has 0 atom stereocenters. The van der Waals surface area contributed by atoms with Gasteiger partial charge in [0.15, 0.2) is 22.8 Å². The second-order valence-electron chi connectivity index (χ2n) is 10.5. The molecule has 0 saturated heterocycles. The smallest absolute Gasteiger partial charge is 0.370 e. The van der Waals surface area contributed by atoms with E-state index in [0.29, 0.717) is 0 Å². The highest BCUT2D eigenvalue weighted by Gasteiger charge is 2.52. The summed E-state index contributed by atoms with van der Waals surface area (Å²) < 4.78 is 0. The third kappa shape index (κ3) is 3.83. The molecule has 3 aliphatic carbocycles. The van der Waals surface area contributed by atoms with E-state index in [1.165, 1.54) is 0 Å². The Kier molecular flexibility index (Phi) is 6.91. The maximum Gasteiger partial charge on any atom is 0.531 e. The summed E-state index contributed by atoms with van der Waals surface area (Å²) in [5, 5.41) is 50.5. The maximum atomic E-state index is 10.3. The SMILES string of the molecule is [C-]#[N+]C([N+]#[C-])=C1c2nc([N+]#[C-])c(C#N)nc2-c2c1c1c(c3c2/C(=C(/C#N)[N+]#[C-])c2nc(C#N)c(C#N)nc2-3)/C(=C(\C#N)[N+]#[C-])c2nc([N+]#[C-])c([N+]#[C-])nc2-1. The summed E-state index contributed by atoms with van der Waals surface area (Å²) in [6.45, 7) is 54.9. The first-order chi connectivity index (χ1) is 26.3. The Morgan fingerprint density at radius 1 is 0.389 bits per heavy atom. The molecule has 1 aromatic carbocycles. The van der Waals surface area contributed by atoms with Crippen LogP contribution >= 0.6 is 0 Å². The monoisotopic (exact) mass is 684 g/mol. The second-order valence-corrected chi connectivity index (χ2v) is 10.5. The van der Waals surface area contributed by atoms with E-state index in [9.17, 15) is 26.3 Å². The lowest BCUT2D eigenvalue weighted by Crippen LogP contribution is -2.01. The van der Waals surface area contributed by atoms with Crippen molar-refractivity contribution in [3.8, 4) is 64.1 Å². The van der Waals surface area contributed by atoms with Gasteiger partial charge in [-0.3, -0.25) is 0 Å². The van der Waals surface area contributed by atoms with E-state index < -0.39 is 51.8 Å². The highest BCUT2D eigenvalue weighted by atomic mass is 15.0. The van der Waals surface area contributed by atoms with Crippen LogP contribution in [0.25, 0.3) is 84.4 Å². The molecule has 0 saturated carbocycles. The van der Waals surface area contributed by atoms with Crippen molar-refractivity contribution in [3.63, 3.8) is 0 Å². The molecular formula is C36N18. The van der Waals surface area contributed by atoms with Crippen LogP contribution in [-0.4, -0.2) is 29.9 Å². The van der Waals surface area contributed by atoms with Gasteiger partial charge in [-0.2, -0.15) is 25.5 Å². The maximum absolute atomic E-state index is 10.3. The Hall–Kier alpha value is -10.4. The molecule has 234 valence electrons. The fourth-order valence-electron chi connectivity index (χ4n) is 6.44. The summed E-state index contributed by atoms with van der Waals surface area (Å²) >= 11 is 0. The van der Waals surface area contributed by atoms with Crippen LogP contribution in [0.5, 0.6) is 0 Å². The van der Waals surface area contributed by atoms with Gasteiger partial charge in [-0.15, -0.1) is 15.0 Å². The second kappa shape index (κ2) is 11.6. The first-order valence-electron chi connectivity index (χ1n) is 14.2. The van der Waals surface area contributed by atoms with Crippen molar-refractivity contribution in [2.75, 3.05) is 0 Å². The van der Waals surface area contributed by atoms with E-state index in [1.807, 2.05) is 0 Å². The van der Waals surface area contributed by atoms with Crippen LogP contribution < -0.4 is 0 Å². The van der Waals surface area contributed by atoms with E-state index in [0.717, 1.165) is 0 Å². The minimum Gasteiger partial charge on any atom is -0.370 e. The average molecular weight is 685 g/mol. The highest BCUT2D eigenvalue weighted by Crippen LogP contribution is 2.64. The molecule has 0 aliphatic heterocycles. The van der Waals surface area contributed by atoms with Crippen LogP contribution in [0.1, 0.15) is 50.9 Å². The van der Waals surface area contributed by atoms with Crippen molar-refractivity contribution in [3.05, 3.63) is 148 Å². The largest absolute Gasteiger partial charge is 0.531 e. The molecule has 0 N–H and O–H groups in total. The standard InChI is InChI=1S/C36N18/c1-42-15(10-39)18-20-23(29-27(18)49-13(8-37)14(9-38)50-29)21-19(16(11-40)43-2)28-31(54-36(48-7)35(47-6)53-28)25(21)22-24(20)30-32(26(22)34(45-4)46-5)52-33(44-3)17(12-41)51-30/b18-15+,19-16-. The van der Waals surface area contributed by atoms with Crippen molar-refractivity contribution in [1.29, 1.82) is 26.3 Å². The molecule has 0 radical (unpaired) electrons. The lowest BCUT2D eigenvalue weighted by atomic mass is 9.85. The molecule has 18 heteroatoms. The van der Waals surface area contributed by atoms with E-state index in [4.69, 9.17) is 46.0 Å². The van der Waals surface area contributed by atoms with E-state index in [1.54, 1.807) is 30.3 Å². The first kappa shape index (κ1) is 32.1. The van der Waals surface area contributed by atoms with Crippen LogP contribution in [0.15, 0.2) is 17.2 Å². The molecule has 3 aromatic heterocycles. The lowest BCUT2D eigenvalue weighted by molar-refractivity contribution is 1.12. The van der Waals surface area contributed by atoms with Crippen molar-refractivity contribution in [1.82, 2.24) is 29.9 Å². The van der Waals surface area contributed by atoms with E-state index in [2.05, 4.69) is 63.8 Å². The van der Waals surface area contributed by atoms with Crippen molar-refractivity contribution in [2.24, 2.45) is 0 Å². The molecule has 3 heterocycles. The predicted molar refractivity (Wildman–Crippen MR) is 178 cm³/mol. The van der Waals surface area contributed by atoms with Gasteiger partial charge in [-0.1, -0.05) is 19.7 Å². The van der Waals surface area contributed by atoms with Crippen LogP contribution in [0.2, 0.25) is 0 Å². The molecule has 0 bridgehead atoms. The normalized spacial score (nSPS) is 13.0. The molecule has 7 rings (SSSR count). The predicted octanol–water partition coefficient (Wildman–Crippen LogP) is 6.23. The summed E-state index contributed by atoms with van der Waals surface area (Å²) in [4.78, 5) is 49.8. The molecule has 54 heavy (non-hydrogen) atoms. The van der Waals surface area contributed by atoms with Gasteiger partial charge in [0.25, 0.3) is 23.0 Å². The molecular weight excluding hydrogens is 685 g/mol. The number of hydrogen-bond acceptors (Lipinski definition) is 11. The average Bonchev–Trinajstić information content (AvgIpc) is 3.82. The van der Waals surface area contributed by atoms with Gasteiger partial charge in [0, 0.05) is 27.8 Å². The minimum atomic E-state index is -0.630. The van der Waals surface area contributed by atoms with E-state index >= 15 is 0 Å². The summed E-state index contributed by atoms with van der Waals surface area (Å²) in [6.07, 6.45) is 0. The Labute approximate surface area is 302 Å². The van der Waals surface area contributed by atoms with Gasteiger partial charge < -0.3 is 14.5 Å². The van der Waals surface area contributed by atoms with Crippen LogP contribution in [-0.2, 0) is 0 Å². The van der Waals surface area contributed by atoms with E-state index in [-0.39, 0.29) is 84.3 Å². The van der Waals surface area contributed by atoms with Gasteiger partial charge in [-0.05, 0) is 11.1 Å². The lowest BCUT2D eigenvalue weighted by Gasteiger charge is -2.16. The van der Waals surface area contributed by atoms with Gasteiger partial charge in [0.1, 0.15) is 42.6 Å². The number of benzene rings is 1. The fourth-order valence-corrected chi connectivity index (χ4v) is 6.44. The quantitative estimate of drug-likeness (QED) is 0.128. The summed E-state index contributed by atoms with van der Waals surface area (Å²) in [5.41, 5.74) is -5.43. The fraction of sp³-hybridized carbons (Fsp3) is 0. The summed E-state index contributed by atoms with van der Waals surface area (Å²) in [6, 6.07) is 8.92. The minimum absolute atomic E-state index is 0.0836. The number of nitrogens with zero attached hydrogens (tertiary/aromatic N) is 18. The zero-order valence-electron chi connectivity index (χ0n) is 26.0. The Morgan fingerprint density at radius 2 is 0.741 bits per heavy atom. The Bertz CT molecular complexity index is 2870. The third-order valence-corrected chi connectivity index (χ3v) is 8.28. The molecule has 4 aromatic rings. The highest BCUT2D eigenvalue weighted by molar-refractivity contribution is 6.22. The topological polar surface area (TPSA) is 227 Å². The number of aromatic nitrogens is 6. The molecule has 0 amide bonds. The number of hydrogen-bond donors (Lipinski definition) is 0. The van der Waals surface area contributed by atoms with Crippen LogP contribution in [0.3, 0.4) is 0 Å². The molecule has 3 aliphatic rings. The van der Waals surface area contributed by atoms with Crippen LogP contribution in [0.4, 0.5) is 17.5 Å². The first-order valence-corrected chi connectivity index (χ1v) is 14.2. The molecule has 0 fully saturated rings. The number of rotatable bonds is 0. The Balaban J connectivity index is 1.94. The van der Waals surface area contributed by atoms with Gasteiger partial charge >= 0.3 is 11.6 Å². The number of allylic oxidation sites excluding steroid dienone is 2. The third-order valence-electron chi connectivity index (χ3n) is 8.28.